The maximum absolute atomic E-state index is 12.2. The molecule has 4 heteroatoms. The van der Waals surface area contributed by atoms with Crippen LogP contribution in [0, 0.1) is 5.92 Å². The lowest BCUT2D eigenvalue weighted by atomic mass is 9.90. The van der Waals surface area contributed by atoms with E-state index in [2.05, 4.69) is 4.74 Å². The van der Waals surface area contributed by atoms with Crippen molar-refractivity contribution in [2.45, 2.75) is 37.0 Å². The van der Waals surface area contributed by atoms with E-state index in [1.54, 1.807) is 18.2 Å². The van der Waals surface area contributed by atoms with Gasteiger partial charge in [-0.2, -0.15) is 0 Å². The largest absolute Gasteiger partial charge is 0.465 e. The van der Waals surface area contributed by atoms with Crippen LogP contribution in [-0.2, 0) is 9.53 Å². The zero-order chi connectivity index (χ0) is 13.7. The number of carbonyl (C=O) groups excluding carboxylic acids is 2. The van der Waals surface area contributed by atoms with Gasteiger partial charge in [-0.1, -0.05) is 37.1 Å². The SMILES string of the molecule is COC(=O)c1cccc(SC(=O)C2CCCCC2)c1. The number of hydrogen-bond acceptors (Lipinski definition) is 4. The second kappa shape index (κ2) is 6.75. The smallest absolute Gasteiger partial charge is 0.337 e. The molecule has 0 aromatic heterocycles. The molecule has 0 aliphatic heterocycles. The molecule has 1 fully saturated rings. The van der Waals surface area contributed by atoms with E-state index in [4.69, 9.17) is 0 Å². The first kappa shape index (κ1) is 14.1. The zero-order valence-corrected chi connectivity index (χ0v) is 11.9. The van der Waals surface area contributed by atoms with Gasteiger partial charge in [0.15, 0.2) is 5.12 Å². The third kappa shape index (κ3) is 3.83. The number of benzene rings is 1. The van der Waals surface area contributed by atoms with E-state index < -0.39 is 0 Å². The lowest BCUT2D eigenvalue weighted by Crippen LogP contribution is -2.14. The summed E-state index contributed by atoms with van der Waals surface area (Å²) >= 11 is 1.25. The highest BCUT2D eigenvalue weighted by atomic mass is 32.2. The van der Waals surface area contributed by atoms with E-state index in [0.29, 0.717) is 5.56 Å². The summed E-state index contributed by atoms with van der Waals surface area (Å²) in [6.07, 6.45) is 5.55. The van der Waals surface area contributed by atoms with Crippen molar-refractivity contribution in [3.05, 3.63) is 29.8 Å². The van der Waals surface area contributed by atoms with Crippen LogP contribution in [-0.4, -0.2) is 18.2 Å². The number of carbonyl (C=O) groups is 2. The van der Waals surface area contributed by atoms with Gasteiger partial charge in [0.1, 0.15) is 0 Å². The molecule has 3 nitrogen and oxygen atoms in total. The Bertz CT molecular complexity index is 464. The molecule has 1 aromatic rings. The Kier molecular flexibility index (Phi) is 5.02. The monoisotopic (exact) mass is 278 g/mol. The molecule has 1 aliphatic carbocycles. The fourth-order valence-corrected chi connectivity index (χ4v) is 3.31. The summed E-state index contributed by atoms with van der Waals surface area (Å²) in [6.45, 7) is 0. The minimum atomic E-state index is -0.368. The molecule has 2 rings (SSSR count). The minimum absolute atomic E-state index is 0.181. The molecular weight excluding hydrogens is 260 g/mol. The lowest BCUT2D eigenvalue weighted by Gasteiger charge is -2.19. The van der Waals surface area contributed by atoms with Crippen LogP contribution in [0.25, 0.3) is 0 Å². The topological polar surface area (TPSA) is 43.4 Å². The van der Waals surface area contributed by atoms with Gasteiger partial charge in [0.05, 0.1) is 12.7 Å². The summed E-state index contributed by atoms with van der Waals surface area (Å²) < 4.78 is 4.68. The van der Waals surface area contributed by atoms with E-state index in [-0.39, 0.29) is 17.0 Å². The van der Waals surface area contributed by atoms with Crippen molar-refractivity contribution in [3.63, 3.8) is 0 Å². The Labute approximate surface area is 117 Å². The number of esters is 1. The zero-order valence-electron chi connectivity index (χ0n) is 11.1. The van der Waals surface area contributed by atoms with Crippen LogP contribution in [0.5, 0.6) is 0 Å². The molecule has 1 saturated carbocycles. The van der Waals surface area contributed by atoms with Gasteiger partial charge in [0.2, 0.25) is 0 Å². The fourth-order valence-electron chi connectivity index (χ4n) is 2.34. The maximum atomic E-state index is 12.2. The Morgan fingerprint density at radius 1 is 1.21 bits per heavy atom. The Hall–Kier alpha value is -1.29. The molecule has 0 amide bonds. The summed E-state index contributed by atoms with van der Waals surface area (Å²) in [5.74, 6) is -0.187. The van der Waals surface area contributed by atoms with Crippen molar-refractivity contribution in [2.75, 3.05) is 7.11 Å². The average Bonchev–Trinajstić information content (AvgIpc) is 2.47. The molecule has 0 spiro atoms. The predicted molar refractivity (Wildman–Crippen MR) is 75.2 cm³/mol. The first-order valence-corrected chi connectivity index (χ1v) is 7.42. The highest BCUT2D eigenvalue weighted by molar-refractivity contribution is 8.13. The van der Waals surface area contributed by atoms with E-state index in [9.17, 15) is 9.59 Å². The van der Waals surface area contributed by atoms with Crippen LogP contribution in [0.3, 0.4) is 0 Å². The number of thioether (sulfide) groups is 1. The first-order valence-electron chi connectivity index (χ1n) is 6.61. The van der Waals surface area contributed by atoms with Crippen LogP contribution < -0.4 is 0 Å². The maximum Gasteiger partial charge on any atom is 0.337 e. The quantitative estimate of drug-likeness (QED) is 0.625. The third-order valence-electron chi connectivity index (χ3n) is 3.41. The highest BCUT2D eigenvalue weighted by Crippen LogP contribution is 2.31. The van der Waals surface area contributed by atoms with Gasteiger partial charge in [0, 0.05) is 10.8 Å². The molecular formula is C15H18O3S. The normalized spacial score (nSPS) is 16.1. The van der Waals surface area contributed by atoms with Crippen LogP contribution in [0.2, 0.25) is 0 Å². The standard InChI is InChI=1S/C15H18O3S/c1-18-14(16)12-8-5-9-13(10-12)19-15(17)11-6-3-2-4-7-11/h5,8-11H,2-4,6-7H2,1H3. The number of methoxy groups -OCH3 is 1. The minimum Gasteiger partial charge on any atom is -0.465 e. The second-order valence-electron chi connectivity index (χ2n) is 4.78. The van der Waals surface area contributed by atoms with E-state index >= 15 is 0 Å². The fraction of sp³-hybridized carbons (Fsp3) is 0.467. The van der Waals surface area contributed by atoms with Crippen molar-refractivity contribution < 1.29 is 14.3 Å². The molecule has 0 N–H and O–H groups in total. The lowest BCUT2D eigenvalue weighted by molar-refractivity contribution is -0.115. The molecule has 1 aromatic carbocycles. The third-order valence-corrected chi connectivity index (χ3v) is 4.44. The van der Waals surface area contributed by atoms with Crippen molar-refractivity contribution in [2.24, 2.45) is 5.92 Å². The number of hydrogen-bond donors (Lipinski definition) is 0. The van der Waals surface area contributed by atoms with Gasteiger partial charge in [-0.3, -0.25) is 4.79 Å². The van der Waals surface area contributed by atoms with Gasteiger partial charge < -0.3 is 4.74 Å². The second-order valence-corrected chi connectivity index (χ2v) is 5.85. The summed E-state index contributed by atoms with van der Waals surface area (Å²) in [7, 11) is 1.36. The molecule has 0 unspecified atom stereocenters. The van der Waals surface area contributed by atoms with Crippen molar-refractivity contribution in [3.8, 4) is 0 Å². The van der Waals surface area contributed by atoms with Crippen molar-refractivity contribution in [1.82, 2.24) is 0 Å². The molecule has 0 atom stereocenters. The summed E-state index contributed by atoms with van der Waals surface area (Å²) in [4.78, 5) is 24.4. The van der Waals surface area contributed by atoms with Gasteiger partial charge >= 0.3 is 5.97 Å². The van der Waals surface area contributed by atoms with E-state index in [1.165, 1.54) is 25.3 Å². The number of rotatable bonds is 3. The van der Waals surface area contributed by atoms with Gasteiger partial charge in [-0.15, -0.1) is 0 Å². The van der Waals surface area contributed by atoms with Crippen LogP contribution in [0.4, 0.5) is 0 Å². The molecule has 19 heavy (non-hydrogen) atoms. The Balaban J connectivity index is 2.02. The van der Waals surface area contributed by atoms with E-state index in [1.807, 2.05) is 6.07 Å². The molecule has 0 bridgehead atoms. The average molecular weight is 278 g/mol. The van der Waals surface area contributed by atoms with Crippen molar-refractivity contribution in [1.29, 1.82) is 0 Å². The summed E-state index contributed by atoms with van der Waals surface area (Å²) in [5, 5.41) is 0.224. The van der Waals surface area contributed by atoms with Gasteiger partial charge in [-0.25, -0.2) is 4.79 Å². The summed E-state index contributed by atoms with van der Waals surface area (Å²) in [5.41, 5.74) is 0.490. The molecule has 1 aliphatic rings. The number of ether oxygens (including phenoxy) is 1. The first-order chi connectivity index (χ1) is 9.20. The van der Waals surface area contributed by atoms with Gasteiger partial charge in [-0.05, 0) is 31.0 Å². The molecule has 0 heterocycles. The molecule has 0 saturated heterocycles. The molecule has 0 radical (unpaired) electrons. The van der Waals surface area contributed by atoms with Crippen LogP contribution >= 0.6 is 11.8 Å². The Morgan fingerprint density at radius 3 is 2.63 bits per heavy atom. The predicted octanol–water partition coefficient (Wildman–Crippen LogP) is 3.67. The summed E-state index contributed by atoms with van der Waals surface area (Å²) in [6, 6.07) is 7.05. The molecule has 102 valence electrons. The Morgan fingerprint density at radius 2 is 1.95 bits per heavy atom. The highest BCUT2D eigenvalue weighted by Gasteiger charge is 2.22. The van der Waals surface area contributed by atoms with Crippen LogP contribution in [0.1, 0.15) is 42.5 Å². The van der Waals surface area contributed by atoms with Crippen LogP contribution in [0.15, 0.2) is 29.2 Å². The van der Waals surface area contributed by atoms with Crippen molar-refractivity contribution >= 4 is 22.8 Å². The van der Waals surface area contributed by atoms with E-state index in [0.717, 1.165) is 30.6 Å². The van der Waals surface area contributed by atoms with Gasteiger partial charge in [0.25, 0.3) is 0 Å².